The molecule has 0 amide bonds. The van der Waals surface area contributed by atoms with Gasteiger partial charge in [-0.3, -0.25) is 9.59 Å². The molecule has 3 nitrogen and oxygen atoms in total. The fraction of sp³-hybridized carbons (Fsp3) is 0.125. The maximum absolute atomic E-state index is 11.8. The summed E-state index contributed by atoms with van der Waals surface area (Å²) in [4.78, 5) is 22.2. The van der Waals surface area contributed by atoms with Crippen LogP contribution >= 0.6 is 22.6 Å². The van der Waals surface area contributed by atoms with Gasteiger partial charge in [-0.15, -0.1) is 0 Å². The minimum absolute atomic E-state index is 0.0399. The van der Waals surface area contributed by atoms with Gasteiger partial charge in [0.2, 0.25) is 0 Å². The quantitative estimate of drug-likeness (QED) is 0.630. The van der Waals surface area contributed by atoms with Gasteiger partial charge in [-0.25, -0.2) is 0 Å². The number of carbonyl (C=O) groups excluding carboxylic acids is 1. The number of hydrogen-bond acceptors (Lipinski definition) is 2. The summed E-state index contributed by atoms with van der Waals surface area (Å²) in [5.74, 6) is -1.09. The molecule has 1 N–H and O–H groups in total. The monoisotopic (exact) mass is 380 g/mol. The number of rotatable bonds is 5. The number of carboxylic acids is 1. The summed E-state index contributed by atoms with van der Waals surface area (Å²) < 4.78 is 1.17. The topological polar surface area (TPSA) is 54.4 Å². The Kier molecular flexibility index (Phi) is 4.89. The van der Waals surface area contributed by atoms with E-state index < -0.39 is 5.97 Å². The number of carbonyl (C=O) groups is 2. The van der Waals surface area contributed by atoms with Gasteiger partial charge in [-0.05, 0) is 45.9 Å². The highest BCUT2D eigenvalue weighted by molar-refractivity contribution is 14.1. The Morgan fingerprint density at radius 3 is 1.85 bits per heavy atom. The van der Waals surface area contributed by atoms with Crippen LogP contribution in [0.3, 0.4) is 0 Å². The number of halogens is 1. The van der Waals surface area contributed by atoms with E-state index in [9.17, 15) is 9.59 Å². The standard InChI is InChI=1S/C16H13IO3/c17-14-7-5-12(6-8-14)11-1-3-13(4-2-11)15(18)9-10-16(19)20/h1-8H,9-10H2,(H,19,20). The van der Waals surface area contributed by atoms with E-state index >= 15 is 0 Å². The molecule has 102 valence electrons. The van der Waals surface area contributed by atoms with Crippen LogP contribution in [0.2, 0.25) is 0 Å². The Morgan fingerprint density at radius 1 is 0.850 bits per heavy atom. The van der Waals surface area contributed by atoms with Gasteiger partial charge in [0.15, 0.2) is 5.78 Å². The summed E-state index contributed by atoms with van der Waals surface area (Å²) in [5.41, 5.74) is 2.69. The summed E-state index contributed by atoms with van der Waals surface area (Å²) >= 11 is 2.25. The first-order valence-corrected chi connectivity index (χ1v) is 7.25. The van der Waals surface area contributed by atoms with Crippen LogP contribution < -0.4 is 0 Å². The molecule has 2 aromatic carbocycles. The molecule has 0 aromatic heterocycles. The molecule has 0 atom stereocenters. The molecule has 0 aliphatic rings. The van der Waals surface area contributed by atoms with Crippen molar-refractivity contribution in [2.75, 3.05) is 0 Å². The summed E-state index contributed by atoms with van der Waals surface area (Å²) in [5, 5.41) is 8.57. The normalized spacial score (nSPS) is 10.2. The van der Waals surface area contributed by atoms with Crippen LogP contribution in [0.5, 0.6) is 0 Å². The van der Waals surface area contributed by atoms with Crippen LogP contribution in [0.15, 0.2) is 48.5 Å². The van der Waals surface area contributed by atoms with E-state index in [4.69, 9.17) is 5.11 Å². The predicted octanol–water partition coefficient (Wildman–Crippen LogP) is 4.01. The third-order valence-corrected chi connectivity index (χ3v) is 3.67. The van der Waals surface area contributed by atoms with Gasteiger partial charge in [0.25, 0.3) is 0 Å². The van der Waals surface area contributed by atoms with Gasteiger partial charge < -0.3 is 5.11 Å². The van der Waals surface area contributed by atoms with Crippen molar-refractivity contribution in [3.8, 4) is 11.1 Å². The van der Waals surface area contributed by atoms with Gasteiger partial charge in [0.05, 0.1) is 6.42 Å². The maximum Gasteiger partial charge on any atom is 0.303 e. The van der Waals surface area contributed by atoms with E-state index in [1.165, 1.54) is 3.57 Å². The smallest absolute Gasteiger partial charge is 0.303 e. The molecule has 4 heteroatoms. The second-order valence-corrected chi connectivity index (χ2v) is 5.65. The molecule has 0 aliphatic heterocycles. The van der Waals surface area contributed by atoms with Crippen LogP contribution in [0.25, 0.3) is 11.1 Å². The minimum atomic E-state index is -0.950. The Balaban J connectivity index is 2.11. The van der Waals surface area contributed by atoms with E-state index in [-0.39, 0.29) is 18.6 Å². The van der Waals surface area contributed by atoms with Crippen LogP contribution in [-0.4, -0.2) is 16.9 Å². The van der Waals surface area contributed by atoms with Crippen LogP contribution in [-0.2, 0) is 4.79 Å². The summed E-state index contributed by atoms with van der Waals surface area (Å²) in [6.45, 7) is 0. The fourth-order valence-electron chi connectivity index (χ4n) is 1.86. The second-order valence-electron chi connectivity index (χ2n) is 4.40. The highest BCUT2D eigenvalue weighted by atomic mass is 127. The van der Waals surface area contributed by atoms with E-state index in [0.717, 1.165) is 11.1 Å². The average Bonchev–Trinajstić information content (AvgIpc) is 2.46. The third-order valence-electron chi connectivity index (χ3n) is 2.95. The zero-order valence-electron chi connectivity index (χ0n) is 10.7. The lowest BCUT2D eigenvalue weighted by atomic mass is 10.0. The number of benzene rings is 2. The van der Waals surface area contributed by atoms with Crippen molar-refractivity contribution < 1.29 is 14.7 Å². The number of ketones is 1. The van der Waals surface area contributed by atoms with Gasteiger partial charge in [0.1, 0.15) is 0 Å². The predicted molar refractivity (Wildman–Crippen MR) is 85.8 cm³/mol. The molecule has 0 saturated heterocycles. The summed E-state index contributed by atoms with van der Waals surface area (Å²) in [6.07, 6.45) is -0.0874. The lowest BCUT2D eigenvalue weighted by molar-refractivity contribution is -0.136. The van der Waals surface area contributed by atoms with Crippen LogP contribution in [0.1, 0.15) is 23.2 Å². The second kappa shape index (κ2) is 6.65. The molecule has 0 unspecified atom stereocenters. The zero-order chi connectivity index (χ0) is 14.5. The van der Waals surface area contributed by atoms with E-state index in [0.29, 0.717) is 5.56 Å². The Bertz CT molecular complexity index is 615. The van der Waals surface area contributed by atoms with Crippen molar-refractivity contribution in [2.24, 2.45) is 0 Å². The molecule has 0 spiro atoms. The first-order chi connectivity index (χ1) is 9.56. The van der Waals surface area contributed by atoms with Crippen molar-refractivity contribution in [3.63, 3.8) is 0 Å². The largest absolute Gasteiger partial charge is 0.481 e. The first kappa shape index (κ1) is 14.7. The SMILES string of the molecule is O=C(O)CCC(=O)c1ccc(-c2ccc(I)cc2)cc1. The van der Waals surface area contributed by atoms with E-state index in [1.54, 1.807) is 12.1 Å². The Hall–Kier alpha value is -1.69. The summed E-state index contributed by atoms with van der Waals surface area (Å²) in [7, 11) is 0. The van der Waals surface area contributed by atoms with Crippen LogP contribution in [0.4, 0.5) is 0 Å². The van der Waals surface area contributed by atoms with E-state index in [2.05, 4.69) is 22.6 Å². The zero-order valence-corrected chi connectivity index (χ0v) is 12.8. The fourth-order valence-corrected chi connectivity index (χ4v) is 2.22. The number of hydrogen-bond donors (Lipinski definition) is 1. The molecule has 20 heavy (non-hydrogen) atoms. The molecule has 0 heterocycles. The minimum Gasteiger partial charge on any atom is -0.481 e. The number of Topliss-reactive ketones (excluding diaryl/α,β-unsaturated/α-hetero) is 1. The molecular weight excluding hydrogens is 367 g/mol. The highest BCUT2D eigenvalue weighted by Crippen LogP contribution is 2.21. The van der Waals surface area contributed by atoms with E-state index in [1.807, 2.05) is 36.4 Å². The molecule has 0 saturated carbocycles. The third kappa shape index (κ3) is 3.90. The number of carboxylic acid groups (broad SMARTS) is 1. The molecule has 0 bridgehead atoms. The highest BCUT2D eigenvalue weighted by Gasteiger charge is 2.08. The molecular formula is C16H13IO3. The lowest BCUT2D eigenvalue weighted by Crippen LogP contribution is -2.03. The van der Waals surface area contributed by atoms with Crippen LogP contribution in [0, 0.1) is 3.57 Å². The summed E-state index contributed by atoms with van der Waals surface area (Å²) in [6, 6.07) is 15.4. The lowest BCUT2D eigenvalue weighted by Gasteiger charge is -2.04. The van der Waals surface area contributed by atoms with Crippen molar-refractivity contribution >= 4 is 34.3 Å². The van der Waals surface area contributed by atoms with Crippen molar-refractivity contribution in [1.29, 1.82) is 0 Å². The molecule has 2 rings (SSSR count). The van der Waals surface area contributed by atoms with Gasteiger partial charge >= 0.3 is 5.97 Å². The Morgan fingerprint density at radius 2 is 1.35 bits per heavy atom. The maximum atomic E-state index is 11.8. The van der Waals surface area contributed by atoms with Crippen molar-refractivity contribution in [3.05, 3.63) is 57.7 Å². The first-order valence-electron chi connectivity index (χ1n) is 6.17. The number of aliphatic carboxylic acids is 1. The van der Waals surface area contributed by atoms with Gasteiger partial charge in [-0.1, -0.05) is 36.4 Å². The molecule has 0 radical (unpaired) electrons. The molecule has 2 aromatic rings. The van der Waals surface area contributed by atoms with Crippen molar-refractivity contribution in [1.82, 2.24) is 0 Å². The van der Waals surface area contributed by atoms with Gasteiger partial charge in [0, 0.05) is 15.6 Å². The Labute approximate surface area is 130 Å². The average molecular weight is 380 g/mol. The molecule has 0 aliphatic carbocycles. The van der Waals surface area contributed by atoms with Gasteiger partial charge in [-0.2, -0.15) is 0 Å². The van der Waals surface area contributed by atoms with Crippen molar-refractivity contribution in [2.45, 2.75) is 12.8 Å². The molecule has 0 fully saturated rings.